The van der Waals surface area contributed by atoms with Gasteiger partial charge in [0.05, 0.1) is 0 Å². The summed E-state index contributed by atoms with van der Waals surface area (Å²) < 4.78 is 5.30. The van der Waals surface area contributed by atoms with Crippen molar-refractivity contribution < 1.29 is 9.53 Å². The largest absolute Gasteiger partial charge is 0.444 e. The minimum atomic E-state index is -0.507. The predicted molar refractivity (Wildman–Crippen MR) is 93.6 cm³/mol. The van der Waals surface area contributed by atoms with Crippen LogP contribution in [0.25, 0.3) is 16.5 Å². The second kappa shape index (κ2) is 6.08. The van der Waals surface area contributed by atoms with E-state index in [-0.39, 0.29) is 0 Å². The lowest BCUT2D eigenvalue weighted by atomic mass is 9.99. The molecule has 3 rings (SSSR count). The molecular formula is C18H23N3O2. The van der Waals surface area contributed by atoms with Gasteiger partial charge in [0.1, 0.15) is 5.60 Å². The molecule has 0 bridgehead atoms. The van der Waals surface area contributed by atoms with Crippen LogP contribution in [0.1, 0.15) is 32.8 Å². The van der Waals surface area contributed by atoms with Gasteiger partial charge in [-0.15, -0.1) is 0 Å². The summed E-state index contributed by atoms with van der Waals surface area (Å²) in [6.07, 6.45) is 4.84. The van der Waals surface area contributed by atoms with Gasteiger partial charge in [-0.3, -0.25) is 5.32 Å². The summed E-state index contributed by atoms with van der Waals surface area (Å²) in [5.41, 5.74) is 3.84. The van der Waals surface area contributed by atoms with Gasteiger partial charge in [0.15, 0.2) is 0 Å². The molecule has 1 aliphatic rings. The second-order valence-corrected chi connectivity index (χ2v) is 6.77. The van der Waals surface area contributed by atoms with E-state index in [1.165, 1.54) is 11.1 Å². The first kappa shape index (κ1) is 15.6. The first-order valence-electron chi connectivity index (χ1n) is 7.94. The standard InChI is InChI=1S/C18H23N3O2/c1-18(2,3)23-17(22)21-13-4-5-16-14(10-13)15(11-20-16)12-6-8-19-9-7-12/h4-6,10-11,19-20H,7-9H2,1-3H3,(H,21,22). The highest BCUT2D eigenvalue weighted by Crippen LogP contribution is 2.30. The number of H-pyrrole nitrogens is 1. The summed E-state index contributed by atoms with van der Waals surface area (Å²) in [7, 11) is 0. The summed E-state index contributed by atoms with van der Waals surface area (Å²) in [6.45, 7) is 7.45. The van der Waals surface area contributed by atoms with Crippen LogP contribution in [0.3, 0.4) is 0 Å². The fourth-order valence-corrected chi connectivity index (χ4v) is 2.75. The quantitative estimate of drug-likeness (QED) is 0.788. The lowest BCUT2D eigenvalue weighted by molar-refractivity contribution is 0.0636. The second-order valence-electron chi connectivity index (χ2n) is 6.77. The average Bonchev–Trinajstić information content (AvgIpc) is 2.89. The molecule has 1 aromatic carbocycles. The van der Waals surface area contributed by atoms with Crippen molar-refractivity contribution >= 4 is 28.3 Å². The minimum Gasteiger partial charge on any atom is -0.444 e. The number of ether oxygens (including phenoxy) is 1. The number of nitrogens with one attached hydrogen (secondary N) is 3. The fraction of sp³-hybridized carbons (Fsp3) is 0.389. The van der Waals surface area contributed by atoms with Crippen molar-refractivity contribution in [1.29, 1.82) is 0 Å². The number of hydrogen-bond acceptors (Lipinski definition) is 3. The van der Waals surface area contributed by atoms with Crippen molar-refractivity contribution in [3.8, 4) is 0 Å². The summed E-state index contributed by atoms with van der Waals surface area (Å²) in [4.78, 5) is 15.2. The van der Waals surface area contributed by atoms with Crippen LogP contribution in [0.15, 0.2) is 30.5 Å². The lowest BCUT2D eigenvalue weighted by Crippen LogP contribution is -2.27. The smallest absolute Gasteiger partial charge is 0.412 e. The number of carbonyl (C=O) groups excluding carboxylic acids is 1. The molecule has 1 amide bonds. The van der Waals surface area contributed by atoms with E-state index in [1.54, 1.807) is 0 Å². The number of hydrogen-bond donors (Lipinski definition) is 3. The number of amides is 1. The van der Waals surface area contributed by atoms with Gasteiger partial charge >= 0.3 is 6.09 Å². The molecule has 2 heterocycles. The number of aromatic nitrogens is 1. The maximum absolute atomic E-state index is 11.9. The van der Waals surface area contributed by atoms with Crippen LogP contribution in [0.2, 0.25) is 0 Å². The van der Waals surface area contributed by atoms with Gasteiger partial charge < -0.3 is 15.0 Å². The molecule has 0 spiro atoms. The first-order valence-corrected chi connectivity index (χ1v) is 7.94. The van der Waals surface area contributed by atoms with Gasteiger partial charge in [0.2, 0.25) is 0 Å². The molecule has 3 N–H and O–H groups in total. The maximum Gasteiger partial charge on any atom is 0.412 e. The minimum absolute atomic E-state index is 0.435. The molecule has 1 aromatic heterocycles. The molecule has 5 heteroatoms. The monoisotopic (exact) mass is 313 g/mol. The third-order valence-corrected chi connectivity index (χ3v) is 3.74. The highest BCUT2D eigenvalue weighted by molar-refractivity contribution is 5.96. The summed E-state index contributed by atoms with van der Waals surface area (Å²) >= 11 is 0. The van der Waals surface area contributed by atoms with Gasteiger partial charge in [-0.2, -0.15) is 0 Å². The Bertz CT molecular complexity index is 753. The van der Waals surface area contributed by atoms with Crippen molar-refractivity contribution in [3.63, 3.8) is 0 Å². The molecule has 0 radical (unpaired) electrons. The Hall–Kier alpha value is -2.27. The molecule has 0 saturated heterocycles. The first-order chi connectivity index (χ1) is 10.9. The molecule has 5 nitrogen and oxygen atoms in total. The van der Waals surface area contributed by atoms with E-state index in [0.717, 1.165) is 36.1 Å². The lowest BCUT2D eigenvalue weighted by Gasteiger charge is -2.19. The van der Waals surface area contributed by atoms with Gasteiger partial charge in [0, 0.05) is 34.9 Å². The zero-order valence-corrected chi connectivity index (χ0v) is 13.8. The van der Waals surface area contributed by atoms with E-state index in [2.05, 4.69) is 21.7 Å². The van der Waals surface area contributed by atoms with Crippen molar-refractivity contribution in [2.45, 2.75) is 32.8 Å². The number of fused-ring (bicyclic) bond motifs is 1. The fourth-order valence-electron chi connectivity index (χ4n) is 2.75. The average molecular weight is 313 g/mol. The van der Waals surface area contributed by atoms with Crippen LogP contribution >= 0.6 is 0 Å². The molecule has 1 aliphatic heterocycles. The van der Waals surface area contributed by atoms with Crippen LogP contribution in [0.4, 0.5) is 10.5 Å². The number of benzene rings is 1. The van der Waals surface area contributed by atoms with E-state index < -0.39 is 11.7 Å². The SMILES string of the molecule is CC(C)(C)OC(=O)Nc1ccc2[nH]cc(C3=CCNCC3)c2c1. The molecule has 0 saturated carbocycles. The molecule has 0 aliphatic carbocycles. The summed E-state index contributed by atoms with van der Waals surface area (Å²) in [6, 6.07) is 5.85. The Morgan fingerprint density at radius 1 is 1.30 bits per heavy atom. The predicted octanol–water partition coefficient (Wildman–Crippen LogP) is 3.89. The van der Waals surface area contributed by atoms with E-state index >= 15 is 0 Å². The Labute approximate surface area is 136 Å². The third kappa shape index (κ3) is 3.74. The van der Waals surface area contributed by atoms with Gasteiger partial charge in [0.25, 0.3) is 0 Å². The Morgan fingerprint density at radius 2 is 2.13 bits per heavy atom. The van der Waals surface area contributed by atoms with Crippen LogP contribution < -0.4 is 10.6 Å². The van der Waals surface area contributed by atoms with Crippen LogP contribution in [0, 0.1) is 0 Å². The normalized spacial score (nSPS) is 15.3. The van der Waals surface area contributed by atoms with E-state index in [1.807, 2.05) is 45.2 Å². The Balaban J connectivity index is 1.86. The van der Waals surface area contributed by atoms with Crippen LogP contribution in [-0.4, -0.2) is 29.8 Å². The zero-order valence-electron chi connectivity index (χ0n) is 13.8. The van der Waals surface area contributed by atoms with E-state index in [4.69, 9.17) is 4.74 Å². The van der Waals surface area contributed by atoms with Gasteiger partial charge in [-0.1, -0.05) is 6.08 Å². The maximum atomic E-state index is 11.9. The van der Waals surface area contributed by atoms with Crippen molar-refractivity contribution in [1.82, 2.24) is 10.3 Å². The molecule has 0 unspecified atom stereocenters. The summed E-state index contributed by atoms with van der Waals surface area (Å²) in [5, 5.41) is 7.24. The van der Waals surface area contributed by atoms with Gasteiger partial charge in [-0.25, -0.2) is 4.79 Å². The molecule has 2 aromatic rings. The number of anilines is 1. The molecular weight excluding hydrogens is 290 g/mol. The Kier molecular flexibility index (Phi) is 4.13. The number of rotatable bonds is 2. The van der Waals surface area contributed by atoms with Crippen LogP contribution in [0.5, 0.6) is 0 Å². The van der Waals surface area contributed by atoms with Gasteiger partial charge in [-0.05, 0) is 57.5 Å². The zero-order chi connectivity index (χ0) is 16.4. The molecule has 23 heavy (non-hydrogen) atoms. The van der Waals surface area contributed by atoms with E-state index in [9.17, 15) is 4.79 Å². The molecule has 0 atom stereocenters. The van der Waals surface area contributed by atoms with Crippen molar-refractivity contribution in [2.24, 2.45) is 0 Å². The molecule has 122 valence electrons. The van der Waals surface area contributed by atoms with Crippen molar-refractivity contribution in [3.05, 3.63) is 36.0 Å². The number of aromatic amines is 1. The highest BCUT2D eigenvalue weighted by atomic mass is 16.6. The topological polar surface area (TPSA) is 66.1 Å². The molecule has 0 fully saturated rings. The van der Waals surface area contributed by atoms with E-state index in [0.29, 0.717) is 0 Å². The highest BCUT2D eigenvalue weighted by Gasteiger charge is 2.17. The number of carbonyl (C=O) groups is 1. The van der Waals surface area contributed by atoms with Crippen LogP contribution in [-0.2, 0) is 4.74 Å². The van der Waals surface area contributed by atoms with Crippen molar-refractivity contribution in [2.75, 3.05) is 18.4 Å². The Morgan fingerprint density at radius 3 is 2.83 bits per heavy atom. The third-order valence-electron chi connectivity index (χ3n) is 3.74. The summed E-state index contributed by atoms with van der Waals surface area (Å²) in [5.74, 6) is 0.